The van der Waals surface area contributed by atoms with Crippen molar-refractivity contribution < 1.29 is 102 Å². The molecule has 0 unspecified atom stereocenters. The standard InChI is InChI=1S/C91H128N24O21S/c1-7-9-25-70-83(129)103-61(24-17-33-97-91(94)95)79(125)110-69(78(124)100-44-74(93)119)47-137-48-75(120)102-65(35-51-28-30-55(117)31-29-51)86(132)111(4)50(3)77(123)104-62(23-15-16-32-92)88(134)114-34-18-27-71(114)84(130)106-64(38-54-43-96-49-101-54)81(127)108-67(40-76(121)122)89(135)115-45-56(118)39-73(115)85(131)105-63(36-52-41-98-59-21-13-11-19-57(52)59)80(126)109-68(46-116)82(128)107-66(37-53-42-99-60-22-14-12-20-58(53)60)87(133)113(6)72(26-10-8-2)90(136)112(70)5/h11-14,19-22,28-31,41-43,49-50,56,61-73,98-99,116-118H,7-10,15-18,23-27,32-40,44-48,92H2,1-6H3,(H2,93,119)(H,96,101)(H,100,124)(H,102,120)(H,103,129)(H,104,123)(H,105,131)(H,106,130)(H,107,128)(H,108,127)(H,109,126)(H,110,125)(H,121,122)(H4,94,95,97)/t50-,56+,61-,62-,63-,64-,65-,66-,67-,68-,69-,70-,71-,72-,73-/m0/s1. The number of H-pyrrole nitrogens is 3. The summed E-state index contributed by atoms with van der Waals surface area (Å²) < 4.78 is 0. The van der Waals surface area contributed by atoms with E-state index < -0.39 is 248 Å². The van der Waals surface area contributed by atoms with Crippen molar-refractivity contribution in [1.29, 1.82) is 5.41 Å². The van der Waals surface area contributed by atoms with Gasteiger partial charge in [0.05, 0.1) is 43.5 Å². The van der Waals surface area contributed by atoms with Gasteiger partial charge in [-0.3, -0.25) is 86.9 Å². The van der Waals surface area contributed by atoms with Crippen LogP contribution in [0.25, 0.3) is 21.8 Å². The number of thioether (sulfide) groups is 1. The van der Waals surface area contributed by atoms with Crippen LogP contribution in [0.1, 0.15) is 139 Å². The summed E-state index contributed by atoms with van der Waals surface area (Å²) >= 11 is 0.775. The lowest BCUT2D eigenvalue weighted by Crippen LogP contribution is -2.62. The number of fused-ring (bicyclic) bond motifs is 4. The SMILES string of the molecule is CCCC[C@H]1C(=O)N(C)[C@@H](CCCC)C(=O)N[C@@H](CCCNC(=N)N)C(=O)N[C@H](C(=O)NCC(N)=O)CSCC(=O)N[C@@H](Cc2ccc(O)cc2)C(=O)N(C)[C@@H](C)C(=O)N[C@@H](CCCCN)C(=O)N2CCC[C@H]2C(=O)N[C@@H](Cc2c[nH]cn2)C(=O)N[C@@H](CC(=O)O)C(=O)N2C[C@H](O)C[C@H]2C(=O)N[C@@H](Cc2c[nH]c3ccccc23)C(=O)N[C@@H](CO)C(=O)N[C@@H](Cc2c[nH]c3ccccc23)C(=O)N1C. The molecule has 45 nitrogen and oxygen atoms in total. The third-order valence-corrected chi connectivity index (χ3v) is 25.6. The van der Waals surface area contributed by atoms with Crippen LogP contribution >= 0.6 is 11.8 Å². The number of nitrogens with zero attached hydrogens (tertiary/aromatic N) is 6. The van der Waals surface area contributed by atoms with Gasteiger partial charge in [0.15, 0.2) is 5.96 Å². The number of benzene rings is 3. The van der Waals surface area contributed by atoms with Crippen LogP contribution in [0.2, 0.25) is 0 Å². The minimum atomic E-state index is -2.06. The van der Waals surface area contributed by atoms with E-state index in [1.54, 1.807) is 60.9 Å². The van der Waals surface area contributed by atoms with Gasteiger partial charge in [-0.2, -0.15) is 0 Å². The summed E-state index contributed by atoms with van der Waals surface area (Å²) in [5.41, 5.74) is 19.7. The third kappa shape index (κ3) is 30.1. The van der Waals surface area contributed by atoms with E-state index in [1.165, 1.54) is 69.8 Å². The van der Waals surface area contributed by atoms with Gasteiger partial charge in [-0.15, -0.1) is 11.8 Å². The molecule has 137 heavy (non-hydrogen) atoms. The topological polar surface area (TPSA) is 682 Å². The van der Waals surface area contributed by atoms with E-state index in [0.29, 0.717) is 70.6 Å². The van der Waals surface area contributed by atoms with Gasteiger partial charge in [0.25, 0.3) is 0 Å². The number of likely N-dealkylation sites (N-methyl/N-ethyl adjacent to an activating group) is 3. The van der Waals surface area contributed by atoms with Crippen LogP contribution < -0.4 is 75.7 Å². The number of aromatic amines is 3. The quantitative estimate of drug-likeness (QED) is 0.0130. The lowest BCUT2D eigenvalue weighted by atomic mass is 10.00. The van der Waals surface area contributed by atoms with Gasteiger partial charge in [0.2, 0.25) is 94.5 Å². The third-order valence-electron chi connectivity index (χ3n) is 24.5. The molecule has 16 amide bonds. The van der Waals surface area contributed by atoms with Crippen LogP contribution in [0.3, 0.4) is 0 Å². The predicted octanol–water partition coefficient (Wildman–Crippen LogP) is -3.25. The number of aliphatic carboxylic acids is 1. The number of hydrogen-bond acceptors (Lipinski definition) is 24. The zero-order valence-corrected chi connectivity index (χ0v) is 78.4. The molecule has 0 bridgehead atoms. The Kier molecular flexibility index (Phi) is 40.4. The fourth-order valence-corrected chi connectivity index (χ4v) is 17.7. The largest absolute Gasteiger partial charge is 0.508 e. The van der Waals surface area contributed by atoms with Crippen LogP contribution in [-0.2, 0) is 107 Å². The van der Waals surface area contributed by atoms with E-state index >= 15 is 38.4 Å². The number of carbonyl (C=O) groups excluding carboxylic acids is 16. The van der Waals surface area contributed by atoms with Gasteiger partial charge in [0, 0.05) is 119 Å². The summed E-state index contributed by atoms with van der Waals surface area (Å²) in [5, 5.41) is 81.1. The van der Waals surface area contributed by atoms with Crippen molar-refractivity contribution in [3.63, 3.8) is 0 Å². The number of aliphatic hydroxyl groups excluding tert-OH is 2. The highest BCUT2D eigenvalue weighted by Crippen LogP contribution is 2.28. The lowest BCUT2D eigenvalue weighted by molar-refractivity contribution is -0.149. The van der Waals surface area contributed by atoms with E-state index in [2.05, 4.69) is 78.4 Å². The number of phenols is 1. The van der Waals surface area contributed by atoms with Crippen molar-refractivity contribution in [3.8, 4) is 5.75 Å². The van der Waals surface area contributed by atoms with Gasteiger partial charge < -0.3 is 136 Å². The number of carboxylic acids is 1. The number of aromatic hydroxyl groups is 1. The normalized spacial score (nSPS) is 24.5. The van der Waals surface area contributed by atoms with Gasteiger partial charge in [0.1, 0.15) is 90.3 Å². The molecular weight excluding hydrogens is 1800 g/mol. The number of phenolic OH excluding ortho intramolecular Hbond substituents is 1. The van der Waals surface area contributed by atoms with Gasteiger partial charge in [-0.25, -0.2) is 4.98 Å². The highest BCUT2D eigenvalue weighted by Gasteiger charge is 2.47. The van der Waals surface area contributed by atoms with Crippen molar-refractivity contribution in [3.05, 3.63) is 120 Å². The van der Waals surface area contributed by atoms with Crippen molar-refractivity contribution in [2.45, 2.75) is 233 Å². The second-order valence-corrected chi connectivity index (χ2v) is 35.6. The average molecular weight is 1930 g/mol. The summed E-state index contributed by atoms with van der Waals surface area (Å²) in [7, 11) is 3.93. The zero-order valence-electron chi connectivity index (χ0n) is 77.5. The van der Waals surface area contributed by atoms with E-state index in [-0.39, 0.29) is 102 Å². The van der Waals surface area contributed by atoms with E-state index in [1.807, 2.05) is 13.8 Å². The summed E-state index contributed by atoms with van der Waals surface area (Å²) in [6.07, 6.45) is 3.46. The highest BCUT2D eigenvalue weighted by molar-refractivity contribution is 8.00. The Morgan fingerprint density at radius 2 is 1.09 bits per heavy atom. The van der Waals surface area contributed by atoms with Crippen LogP contribution in [0.5, 0.6) is 5.75 Å². The first-order valence-corrected chi connectivity index (χ1v) is 47.0. The Morgan fingerprint density at radius 1 is 0.547 bits per heavy atom. The minimum absolute atomic E-state index is 0.00443. The number of aliphatic hydroxyl groups is 2. The number of nitrogens with two attached hydrogens (primary N) is 3. The molecule has 0 aliphatic carbocycles. The Morgan fingerprint density at radius 3 is 1.69 bits per heavy atom. The number of hydrogen-bond donors (Lipinski definition) is 22. The van der Waals surface area contributed by atoms with Gasteiger partial charge in [-0.05, 0) is 112 Å². The van der Waals surface area contributed by atoms with E-state index in [9.17, 15) is 63.6 Å². The molecule has 3 saturated heterocycles. The molecule has 3 fully saturated rings. The molecule has 0 saturated carbocycles. The summed E-state index contributed by atoms with van der Waals surface area (Å²) in [4.78, 5) is 269. The molecule has 6 heterocycles. The van der Waals surface area contributed by atoms with Gasteiger partial charge in [-0.1, -0.05) is 88.1 Å². The van der Waals surface area contributed by atoms with Crippen LogP contribution in [0.4, 0.5) is 0 Å². The molecular formula is C91H128N24O21S. The molecule has 3 aliphatic rings. The smallest absolute Gasteiger partial charge is 0.305 e. The number of carboxylic acid groups (broad SMARTS) is 1. The zero-order chi connectivity index (χ0) is 99.9. The molecule has 6 aromatic rings. The Bertz CT molecular complexity index is 5250. The Hall–Kier alpha value is -13.8. The molecule has 46 heteroatoms. The van der Waals surface area contributed by atoms with Crippen molar-refractivity contribution in [2.75, 3.05) is 72.0 Å². The maximum atomic E-state index is 15.7. The minimum Gasteiger partial charge on any atom is -0.508 e. The molecule has 3 aromatic heterocycles. The fraction of sp³-hybridized carbons (Fsp3) is 0.527. The molecule has 3 aromatic carbocycles. The lowest BCUT2D eigenvalue weighted by Gasteiger charge is -2.36. The predicted molar refractivity (Wildman–Crippen MR) is 502 cm³/mol. The molecule has 0 spiro atoms. The molecule has 3 aliphatic heterocycles. The van der Waals surface area contributed by atoms with E-state index in [0.717, 1.165) is 31.4 Å². The maximum Gasteiger partial charge on any atom is 0.305 e. The van der Waals surface area contributed by atoms with Crippen molar-refractivity contribution in [1.82, 2.24) is 103 Å². The Balaban J connectivity index is 1.10. The first-order valence-electron chi connectivity index (χ1n) is 45.9. The monoisotopic (exact) mass is 1920 g/mol. The van der Waals surface area contributed by atoms with Crippen molar-refractivity contribution >= 4 is 140 Å². The second-order valence-electron chi connectivity index (χ2n) is 34.5. The number of carbonyl (C=O) groups is 17. The maximum absolute atomic E-state index is 15.7. The molecule has 9 rings (SSSR count). The van der Waals surface area contributed by atoms with E-state index in [4.69, 9.17) is 22.6 Å². The Labute approximate surface area is 794 Å². The first kappa shape index (κ1) is 107. The first-order chi connectivity index (χ1) is 65.4. The van der Waals surface area contributed by atoms with Gasteiger partial charge >= 0.3 is 5.97 Å². The summed E-state index contributed by atoms with van der Waals surface area (Å²) in [5.74, 6) is -18.6. The number of amides is 16. The second kappa shape index (κ2) is 51.8. The number of aromatic nitrogens is 4. The molecule has 0 radical (unpaired) electrons. The fourth-order valence-electron chi connectivity index (χ4n) is 16.8. The molecule has 744 valence electrons. The van der Waals surface area contributed by atoms with Crippen molar-refractivity contribution in [2.24, 2.45) is 17.2 Å². The summed E-state index contributed by atoms with van der Waals surface area (Å²) in [6.45, 7) is 2.60. The number of rotatable bonds is 28. The number of nitrogens with one attached hydrogen (secondary N) is 15. The number of guanidine groups is 1. The molecule has 15 atom stereocenters. The van der Waals surface area contributed by atoms with Crippen LogP contribution in [0, 0.1) is 5.41 Å². The summed E-state index contributed by atoms with van der Waals surface area (Å²) in [6, 6.07) is -2.87. The highest BCUT2D eigenvalue weighted by atomic mass is 32.2. The van der Waals surface area contributed by atoms with Crippen LogP contribution in [0.15, 0.2) is 97.7 Å². The molecule has 25 N–H and O–H groups in total. The average Bonchev–Trinajstić information content (AvgIpc) is 1.52. The number of para-hydroxylation sites is 2. The van der Waals surface area contributed by atoms with Crippen LogP contribution in [-0.4, -0.2) is 334 Å². The number of unbranched alkanes of at least 4 members (excludes halogenated alkanes) is 3. The number of imidazole rings is 1. The number of primary amides is 1.